The molecule has 2 amide bonds. The average Bonchev–Trinajstić information content (AvgIpc) is 2.87. The summed E-state index contributed by atoms with van der Waals surface area (Å²) in [7, 11) is 0. The second-order valence-electron chi connectivity index (χ2n) is 7.51. The third-order valence-corrected chi connectivity index (χ3v) is 5.53. The van der Waals surface area contributed by atoms with Crippen LogP contribution in [0.25, 0.3) is 0 Å². The predicted molar refractivity (Wildman–Crippen MR) is 91.7 cm³/mol. The van der Waals surface area contributed by atoms with Crippen LogP contribution in [0.5, 0.6) is 0 Å². The number of hydrogen-bond donors (Lipinski definition) is 1. The number of urea groups is 1. The van der Waals surface area contributed by atoms with Gasteiger partial charge in [0.15, 0.2) is 5.82 Å². The molecule has 2 aliphatic rings. The second-order valence-corrected chi connectivity index (χ2v) is 7.51. The molecule has 134 valence electrons. The van der Waals surface area contributed by atoms with Crippen molar-refractivity contribution in [1.29, 1.82) is 0 Å². The Kier molecular flexibility index (Phi) is 5.74. The number of likely N-dealkylation sites (tertiary alicyclic amines) is 1. The van der Waals surface area contributed by atoms with Gasteiger partial charge in [-0.2, -0.15) is 4.98 Å². The SMILES string of the molecule is Cc1noc(CCCNC(=O)N2CCCC3(CCCCCC3)C2)n1. The summed E-state index contributed by atoms with van der Waals surface area (Å²) in [5, 5.41) is 6.84. The number of piperidine rings is 1. The van der Waals surface area contributed by atoms with Gasteiger partial charge < -0.3 is 14.7 Å². The summed E-state index contributed by atoms with van der Waals surface area (Å²) in [6, 6.07) is 0.0973. The molecule has 1 aliphatic carbocycles. The highest BCUT2D eigenvalue weighted by Crippen LogP contribution is 2.42. The minimum absolute atomic E-state index is 0.0973. The average molecular weight is 334 g/mol. The van der Waals surface area contributed by atoms with Crippen molar-refractivity contribution in [2.75, 3.05) is 19.6 Å². The van der Waals surface area contributed by atoms with E-state index in [2.05, 4.69) is 15.5 Å². The molecule has 1 N–H and O–H groups in total. The van der Waals surface area contributed by atoms with Crippen LogP contribution in [-0.4, -0.2) is 40.7 Å². The normalized spacial score (nSPS) is 20.8. The van der Waals surface area contributed by atoms with Gasteiger partial charge >= 0.3 is 6.03 Å². The summed E-state index contributed by atoms with van der Waals surface area (Å²) in [6.07, 6.45) is 12.0. The summed E-state index contributed by atoms with van der Waals surface area (Å²) in [4.78, 5) is 18.7. The third kappa shape index (κ3) is 4.48. The van der Waals surface area contributed by atoms with Crippen molar-refractivity contribution in [3.63, 3.8) is 0 Å². The Morgan fingerprint density at radius 1 is 1.21 bits per heavy atom. The Morgan fingerprint density at radius 2 is 1.96 bits per heavy atom. The van der Waals surface area contributed by atoms with Gasteiger partial charge in [0, 0.05) is 26.1 Å². The first-order chi connectivity index (χ1) is 11.7. The quantitative estimate of drug-likeness (QED) is 0.856. The molecule has 1 aliphatic heterocycles. The zero-order valence-corrected chi connectivity index (χ0v) is 14.9. The summed E-state index contributed by atoms with van der Waals surface area (Å²) >= 11 is 0. The van der Waals surface area contributed by atoms with Gasteiger partial charge in [-0.25, -0.2) is 4.79 Å². The van der Waals surface area contributed by atoms with E-state index in [1.165, 1.54) is 44.9 Å². The summed E-state index contributed by atoms with van der Waals surface area (Å²) in [5.74, 6) is 1.31. The number of aryl methyl sites for hydroxylation is 2. The number of rotatable bonds is 4. The first kappa shape index (κ1) is 17.2. The number of nitrogens with one attached hydrogen (secondary N) is 1. The highest BCUT2D eigenvalue weighted by molar-refractivity contribution is 5.74. The molecular weight excluding hydrogens is 304 g/mol. The van der Waals surface area contributed by atoms with Crippen molar-refractivity contribution in [3.8, 4) is 0 Å². The number of nitrogens with zero attached hydrogens (tertiary/aromatic N) is 3. The van der Waals surface area contributed by atoms with E-state index >= 15 is 0 Å². The van der Waals surface area contributed by atoms with Gasteiger partial charge in [-0.1, -0.05) is 30.8 Å². The van der Waals surface area contributed by atoms with Crippen LogP contribution in [-0.2, 0) is 6.42 Å². The van der Waals surface area contributed by atoms with Crippen LogP contribution in [0.2, 0.25) is 0 Å². The van der Waals surface area contributed by atoms with E-state index in [0.717, 1.165) is 25.9 Å². The van der Waals surface area contributed by atoms with Crippen molar-refractivity contribution in [1.82, 2.24) is 20.4 Å². The fourth-order valence-corrected chi connectivity index (χ4v) is 4.26. The van der Waals surface area contributed by atoms with Crippen molar-refractivity contribution in [2.45, 2.75) is 71.1 Å². The van der Waals surface area contributed by atoms with Crippen molar-refractivity contribution >= 4 is 6.03 Å². The van der Waals surface area contributed by atoms with E-state index in [-0.39, 0.29) is 6.03 Å². The maximum absolute atomic E-state index is 12.5. The molecule has 0 atom stereocenters. The predicted octanol–water partition coefficient (Wildman–Crippen LogP) is 3.46. The molecule has 0 aromatic carbocycles. The van der Waals surface area contributed by atoms with Crippen molar-refractivity contribution in [2.24, 2.45) is 5.41 Å². The molecule has 0 unspecified atom stereocenters. The van der Waals surface area contributed by atoms with E-state index in [1.54, 1.807) is 0 Å². The molecular formula is C18H30N4O2. The van der Waals surface area contributed by atoms with Gasteiger partial charge in [-0.05, 0) is 44.4 Å². The highest BCUT2D eigenvalue weighted by Gasteiger charge is 2.37. The molecule has 24 heavy (non-hydrogen) atoms. The number of carbonyl (C=O) groups is 1. The Labute approximate surface area is 144 Å². The minimum atomic E-state index is 0.0973. The molecule has 1 saturated heterocycles. The molecule has 0 bridgehead atoms. The number of carbonyl (C=O) groups excluding carboxylic acids is 1. The summed E-state index contributed by atoms with van der Waals surface area (Å²) in [6.45, 7) is 4.32. The van der Waals surface area contributed by atoms with Crippen LogP contribution >= 0.6 is 0 Å². The van der Waals surface area contributed by atoms with Crippen LogP contribution in [0.1, 0.15) is 69.5 Å². The van der Waals surface area contributed by atoms with Crippen LogP contribution in [0.15, 0.2) is 4.52 Å². The molecule has 3 rings (SSSR count). The molecule has 2 heterocycles. The lowest BCUT2D eigenvalue weighted by molar-refractivity contribution is 0.0907. The molecule has 0 radical (unpaired) electrons. The Morgan fingerprint density at radius 3 is 2.67 bits per heavy atom. The Hall–Kier alpha value is -1.59. The van der Waals surface area contributed by atoms with Gasteiger partial charge in [-0.3, -0.25) is 0 Å². The first-order valence-electron chi connectivity index (χ1n) is 9.49. The van der Waals surface area contributed by atoms with Crippen LogP contribution in [0.3, 0.4) is 0 Å². The monoisotopic (exact) mass is 334 g/mol. The zero-order valence-electron chi connectivity index (χ0n) is 14.9. The third-order valence-electron chi connectivity index (χ3n) is 5.53. The van der Waals surface area contributed by atoms with Gasteiger partial charge in [0.25, 0.3) is 0 Å². The van der Waals surface area contributed by atoms with Crippen LogP contribution in [0, 0.1) is 12.3 Å². The maximum atomic E-state index is 12.5. The topological polar surface area (TPSA) is 71.3 Å². The van der Waals surface area contributed by atoms with E-state index < -0.39 is 0 Å². The molecule has 1 aromatic rings. The largest absolute Gasteiger partial charge is 0.339 e. The molecule has 6 nitrogen and oxygen atoms in total. The lowest BCUT2D eigenvalue weighted by Crippen LogP contribution is -2.49. The highest BCUT2D eigenvalue weighted by atomic mass is 16.5. The fourth-order valence-electron chi connectivity index (χ4n) is 4.26. The lowest BCUT2D eigenvalue weighted by atomic mass is 9.74. The zero-order chi connectivity index (χ0) is 16.8. The van der Waals surface area contributed by atoms with Crippen molar-refractivity contribution < 1.29 is 9.32 Å². The van der Waals surface area contributed by atoms with Crippen LogP contribution < -0.4 is 5.32 Å². The molecule has 1 spiro atoms. The van der Waals surface area contributed by atoms with Crippen molar-refractivity contribution in [3.05, 3.63) is 11.7 Å². The number of amides is 2. The number of aromatic nitrogens is 2. The van der Waals surface area contributed by atoms with Gasteiger partial charge in [-0.15, -0.1) is 0 Å². The van der Waals surface area contributed by atoms with Gasteiger partial charge in [0.1, 0.15) is 0 Å². The van der Waals surface area contributed by atoms with E-state index in [9.17, 15) is 4.79 Å². The van der Waals surface area contributed by atoms with Crippen LogP contribution in [0.4, 0.5) is 4.79 Å². The molecule has 1 saturated carbocycles. The first-order valence-corrected chi connectivity index (χ1v) is 9.49. The number of hydrogen-bond acceptors (Lipinski definition) is 4. The maximum Gasteiger partial charge on any atom is 0.317 e. The smallest absolute Gasteiger partial charge is 0.317 e. The van der Waals surface area contributed by atoms with Gasteiger partial charge in [0.2, 0.25) is 5.89 Å². The Balaban J connectivity index is 1.42. The lowest BCUT2D eigenvalue weighted by Gasteiger charge is -2.42. The van der Waals surface area contributed by atoms with E-state index in [0.29, 0.717) is 30.1 Å². The van der Waals surface area contributed by atoms with E-state index in [1.807, 2.05) is 11.8 Å². The molecule has 2 fully saturated rings. The summed E-state index contributed by atoms with van der Waals surface area (Å²) in [5.41, 5.74) is 0.396. The minimum Gasteiger partial charge on any atom is -0.339 e. The standard InChI is InChI=1S/C18H30N4O2/c1-15-20-16(24-21-15)8-6-12-19-17(23)22-13-7-11-18(14-22)9-4-2-3-5-10-18/h2-14H2,1H3,(H,19,23). The summed E-state index contributed by atoms with van der Waals surface area (Å²) < 4.78 is 5.09. The van der Waals surface area contributed by atoms with Gasteiger partial charge in [0.05, 0.1) is 0 Å². The second kappa shape index (κ2) is 7.99. The molecule has 6 heteroatoms. The van der Waals surface area contributed by atoms with E-state index in [4.69, 9.17) is 4.52 Å². The Bertz CT molecular complexity index is 535. The molecule has 1 aromatic heterocycles. The fraction of sp³-hybridized carbons (Fsp3) is 0.833.